The van der Waals surface area contributed by atoms with E-state index in [-0.39, 0.29) is 0 Å². The molecule has 0 aromatic carbocycles. The lowest BCUT2D eigenvalue weighted by Gasteiger charge is -2.21. The van der Waals surface area contributed by atoms with Crippen LogP contribution in [0.2, 0.25) is 0 Å². The van der Waals surface area contributed by atoms with Gasteiger partial charge in [-0.2, -0.15) is 15.0 Å². The molecule has 1 saturated heterocycles. The molecule has 0 saturated carbocycles. The molecule has 0 spiro atoms. The van der Waals surface area contributed by atoms with Gasteiger partial charge in [-0.15, -0.1) is 5.10 Å². The van der Waals surface area contributed by atoms with E-state index in [1.807, 2.05) is 18.7 Å². The van der Waals surface area contributed by atoms with Crippen molar-refractivity contribution in [3.63, 3.8) is 0 Å². The fourth-order valence-electron chi connectivity index (χ4n) is 3.94. The van der Waals surface area contributed by atoms with Gasteiger partial charge in [0.05, 0.1) is 5.69 Å². The van der Waals surface area contributed by atoms with Gasteiger partial charge in [0, 0.05) is 51.8 Å². The van der Waals surface area contributed by atoms with Crippen molar-refractivity contribution in [2.24, 2.45) is 7.05 Å². The molecule has 29 heavy (non-hydrogen) atoms. The fraction of sp³-hybridized carbons (Fsp3) is 0.650. The summed E-state index contributed by atoms with van der Waals surface area (Å²) in [6, 6.07) is 0. The van der Waals surface area contributed by atoms with E-state index in [1.54, 1.807) is 0 Å². The van der Waals surface area contributed by atoms with Crippen molar-refractivity contribution in [1.29, 1.82) is 0 Å². The normalized spacial score (nSPS) is 14.3. The molecule has 0 aliphatic carbocycles. The van der Waals surface area contributed by atoms with Gasteiger partial charge < -0.3 is 9.80 Å². The van der Waals surface area contributed by atoms with Gasteiger partial charge >= 0.3 is 0 Å². The lowest BCUT2D eigenvalue weighted by atomic mass is 10.3. The number of aromatic nitrogens is 7. The Morgan fingerprint density at radius 3 is 2.34 bits per heavy atom. The fourth-order valence-corrected chi connectivity index (χ4v) is 3.94. The van der Waals surface area contributed by atoms with Gasteiger partial charge in [-0.1, -0.05) is 0 Å². The number of anilines is 2. The molecule has 9 nitrogen and oxygen atoms in total. The number of rotatable bonds is 7. The minimum absolute atomic E-state index is 0.710. The Balaban J connectivity index is 1.61. The summed E-state index contributed by atoms with van der Waals surface area (Å²) in [7, 11) is 1.97. The van der Waals surface area contributed by atoms with Crippen LogP contribution in [0.15, 0.2) is 0 Å². The lowest BCUT2D eigenvalue weighted by molar-refractivity contribution is 0.678. The average Bonchev–Trinajstić information content (AvgIpc) is 3.42. The second-order valence-corrected chi connectivity index (χ2v) is 7.68. The average molecular weight is 398 g/mol. The van der Waals surface area contributed by atoms with Crippen LogP contribution in [0.4, 0.5) is 11.9 Å². The second-order valence-electron chi connectivity index (χ2n) is 7.68. The number of hydrogen-bond acceptors (Lipinski definition) is 7. The van der Waals surface area contributed by atoms with Crippen molar-refractivity contribution in [1.82, 2.24) is 34.1 Å². The van der Waals surface area contributed by atoms with Crippen LogP contribution in [0, 0.1) is 13.8 Å². The molecule has 1 aliphatic heterocycles. The molecule has 0 bridgehead atoms. The predicted octanol–water partition coefficient (Wildman–Crippen LogP) is 2.10. The predicted molar refractivity (Wildman–Crippen MR) is 114 cm³/mol. The quantitative estimate of drug-likeness (QED) is 0.604. The summed E-state index contributed by atoms with van der Waals surface area (Å²) >= 11 is 0. The number of aryl methyl sites for hydroxylation is 5. The van der Waals surface area contributed by atoms with Gasteiger partial charge in [-0.3, -0.25) is 9.08 Å². The maximum absolute atomic E-state index is 4.92. The highest BCUT2D eigenvalue weighted by molar-refractivity contribution is 5.46. The monoisotopic (exact) mass is 397 g/mol. The molecule has 0 radical (unpaired) electrons. The summed E-state index contributed by atoms with van der Waals surface area (Å²) in [5.41, 5.74) is 2.09. The third kappa shape index (κ3) is 3.65. The molecule has 0 unspecified atom stereocenters. The zero-order chi connectivity index (χ0) is 20.5. The van der Waals surface area contributed by atoms with Gasteiger partial charge in [0.25, 0.3) is 0 Å². The van der Waals surface area contributed by atoms with E-state index in [9.17, 15) is 0 Å². The summed E-state index contributed by atoms with van der Waals surface area (Å²) in [5, 5.41) is 4.61. The van der Waals surface area contributed by atoms with Crippen LogP contribution in [0.25, 0.3) is 5.78 Å². The Morgan fingerprint density at radius 1 is 0.931 bits per heavy atom. The van der Waals surface area contributed by atoms with Crippen LogP contribution in [0.5, 0.6) is 0 Å². The van der Waals surface area contributed by atoms with Gasteiger partial charge in [0.1, 0.15) is 11.6 Å². The third-order valence-corrected chi connectivity index (χ3v) is 5.83. The van der Waals surface area contributed by atoms with E-state index in [0.717, 1.165) is 73.3 Å². The Hall–Kier alpha value is -2.71. The first kappa shape index (κ1) is 19.6. The van der Waals surface area contributed by atoms with Crippen LogP contribution in [-0.4, -0.2) is 60.3 Å². The van der Waals surface area contributed by atoms with Crippen molar-refractivity contribution in [2.45, 2.75) is 53.4 Å². The number of hydrogen-bond donors (Lipinski definition) is 0. The van der Waals surface area contributed by atoms with E-state index in [1.165, 1.54) is 12.8 Å². The lowest BCUT2D eigenvalue weighted by Crippen LogP contribution is -2.27. The van der Waals surface area contributed by atoms with E-state index >= 15 is 0 Å². The molecule has 9 heteroatoms. The highest BCUT2D eigenvalue weighted by Crippen LogP contribution is 2.20. The molecular formula is C20H31N9. The standard InChI is InChI=1S/C20H31N9/c1-6-27(7-2)20-23-16(22-18-21-14(3)15(4)29(18)20)10-11-17-24-19(25-26(17)5)28-12-8-9-13-28/h6-13H2,1-5H3. The molecular weight excluding hydrogens is 366 g/mol. The molecule has 3 aromatic rings. The topological polar surface area (TPSA) is 80.3 Å². The van der Waals surface area contributed by atoms with Crippen LogP contribution >= 0.6 is 0 Å². The maximum atomic E-state index is 4.92. The Bertz CT molecular complexity index is 993. The zero-order valence-electron chi connectivity index (χ0n) is 18.2. The minimum atomic E-state index is 0.710. The first-order chi connectivity index (χ1) is 14.0. The Labute approximate surface area is 171 Å². The molecule has 0 N–H and O–H groups in total. The van der Waals surface area contributed by atoms with Crippen molar-refractivity contribution in [3.8, 4) is 0 Å². The van der Waals surface area contributed by atoms with Crippen LogP contribution in [-0.2, 0) is 19.9 Å². The van der Waals surface area contributed by atoms with Crippen molar-refractivity contribution >= 4 is 17.7 Å². The van der Waals surface area contributed by atoms with Crippen molar-refractivity contribution in [3.05, 3.63) is 23.0 Å². The summed E-state index contributed by atoms with van der Waals surface area (Å²) in [6.07, 6.45) is 3.91. The molecule has 156 valence electrons. The second kappa shape index (κ2) is 7.96. The Kier molecular flexibility index (Phi) is 5.38. The van der Waals surface area contributed by atoms with Gasteiger partial charge in [-0.25, -0.2) is 4.98 Å². The van der Waals surface area contributed by atoms with Gasteiger partial charge in [-0.05, 0) is 40.5 Å². The number of fused-ring (bicyclic) bond motifs is 1. The zero-order valence-corrected chi connectivity index (χ0v) is 18.2. The molecule has 1 aliphatic rings. The molecule has 0 amide bonds. The van der Waals surface area contributed by atoms with Crippen LogP contribution in [0.3, 0.4) is 0 Å². The summed E-state index contributed by atoms with van der Waals surface area (Å²) in [6.45, 7) is 12.3. The van der Waals surface area contributed by atoms with E-state index < -0.39 is 0 Å². The molecule has 4 heterocycles. The minimum Gasteiger partial charge on any atom is -0.342 e. The molecule has 3 aromatic heterocycles. The van der Waals surface area contributed by atoms with Crippen LogP contribution < -0.4 is 9.80 Å². The van der Waals surface area contributed by atoms with Crippen molar-refractivity contribution < 1.29 is 0 Å². The first-order valence-corrected chi connectivity index (χ1v) is 10.6. The highest BCUT2D eigenvalue weighted by atomic mass is 15.4. The molecule has 1 fully saturated rings. The number of nitrogens with zero attached hydrogens (tertiary/aromatic N) is 9. The first-order valence-electron chi connectivity index (χ1n) is 10.6. The Morgan fingerprint density at radius 2 is 1.66 bits per heavy atom. The van der Waals surface area contributed by atoms with Gasteiger partial charge in [0.2, 0.25) is 17.7 Å². The SMILES string of the molecule is CCN(CC)c1nc(CCc2nc(N3CCCC3)nn2C)nc2nc(C)c(C)n12. The van der Waals surface area contributed by atoms with Crippen molar-refractivity contribution in [2.75, 3.05) is 36.0 Å². The summed E-state index contributed by atoms with van der Waals surface area (Å²) < 4.78 is 3.96. The molecule has 0 atom stereocenters. The number of imidazole rings is 1. The smallest absolute Gasteiger partial charge is 0.244 e. The summed E-state index contributed by atoms with van der Waals surface area (Å²) in [5.74, 6) is 4.26. The molecule has 4 rings (SSSR count). The van der Waals surface area contributed by atoms with E-state index in [0.29, 0.717) is 6.42 Å². The van der Waals surface area contributed by atoms with Crippen LogP contribution in [0.1, 0.15) is 49.7 Å². The summed E-state index contributed by atoms with van der Waals surface area (Å²) in [4.78, 5) is 23.6. The maximum Gasteiger partial charge on any atom is 0.244 e. The third-order valence-electron chi connectivity index (χ3n) is 5.83. The largest absolute Gasteiger partial charge is 0.342 e. The highest BCUT2D eigenvalue weighted by Gasteiger charge is 2.20. The van der Waals surface area contributed by atoms with E-state index in [4.69, 9.17) is 15.0 Å². The van der Waals surface area contributed by atoms with Gasteiger partial charge in [0.15, 0.2) is 0 Å². The van der Waals surface area contributed by atoms with E-state index in [2.05, 4.69) is 45.1 Å².